The molecule has 24 heavy (non-hydrogen) atoms. The van der Waals surface area contributed by atoms with Crippen molar-refractivity contribution in [3.05, 3.63) is 34.1 Å². The summed E-state index contributed by atoms with van der Waals surface area (Å²) in [5.74, 6) is -0.680. The van der Waals surface area contributed by atoms with Crippen molar-refractivity contribution in [2.24, 2.45) is 0 Å². The first-order chi connectivity index (χ1) is 11.2. The predicted molar refractivity (Wildman–Crippen MR) is 91.9 cm³/mol. The van der Waals surface area contributed by atoms with Gasteiger partial charge in [0.2, 0.25) is 5.91 Å². The van der Waals surface area contributed by atoms with Crippen molar-refractivity contribution in [2.45, 2.75) is 51.8 Å². The Morgan fingerprint density at radius 3 is 2.75 bits per heavy atom. The molecule has 0 saturated carbocycles. The topological polar surface area (TPSA) is 58.6 Å². The Morgan fingerprint density at radius 1 is 1.42 bits per heavy atom. The summed E-state index contributed by atoms with van der Waals surface area (Å²) in [5, 5.41) is 2.71. The summed E-state index contributed by atoms with van der Waals surface area (Å²) < 4.78 is 19.8. The van der Waals surface area contributed by atoms with E-state index in [0.717, 1.165) is 6.42 Å². The maximum Gasteiger partial charge on any atom is 0.410 e. The van der Waals surface area contributed by atoms with Crippen molar-refractivity contribution in [1.29, 1.82) is 0 Å². The van der Waals surface area contributed by atoms with Crippen LogP contribution >= 0.6 is 15.9 Å². The van der Waals surface area contributed by atoms with E-state index in [0.29, 0.717) is 23.0 Å². The van der Waals surface area contributed by atoms with E-state index in [-0.39, 0.29) is 18.3 Å². The molecule has 0 bridgehead atoms. The zero-order chi connectivity index (χ0) is 17.9. The van der Waals surface area contributed by atoms with Crippen molar-refractivity contribution in [3.8, 4) is 0 Å². The molecule has 0 aromatic heterocycles. The summed E-state index contributed by atoms with van der Waals surface area (Å²) in [4.78, 5) is 26.0. The number of ether oxygens (including phenoxy) is 1. The van der Waals surface area contributed by atoms with E-state index in [1.54, 1.807) is 32.9 Å². The highest BCUT2D eigenvalue weighted by Crippen LogP contribution is 2.21. The van der Waals surface area contributed by atoms with Crippen molar-refractivity contribution >= 4 is 27.9 Å². The highest BCUT2D eigenvalue weighted by Gasteiger charge is 2.36. The van der Waals surface area contributed by atoms with Gasteiger partial charge in [-0.1, -0.05) is 22.0 Å². The third-order valence-electron chi connectivity index (χ3n) is 3.65. The molecule has 1 saturated heterocycles. The number of hydrogen-bond donors (Lipinski definition) is 1. The van der Waals surface area contributed by atoms with Crippen LogP contribution in [0.2, 0.25) is 0 Å². The molecule has 0 spiro atoms. The number of carbonyl (C=O) groups excluding carboxylic acids is 2. The molecule has 5 nitrogen and oxygen atoms in total. The molecule has 1 fully saturated rings. The van der Waals surface area contributed by atoms with Crippen LogP contribution in [0.25, 0.3) is 0 Å². The highest BCUT2D eigenvalue weighted by molar-refractivity contribution is 9.10. The average Bonchev–Trinajstić information content (AvgIpc) is 2.93. The molecule has 132 valence electrons. The molecule has 0 aliphatic carbocycles. The Morgan fingerprint density at radius 2 is 2.12 bits per heavy atom. The van der Waals surface area contributed by atoms with E-state index < -0.39 is 17.7 Å². The first-order valence-corrected chi connectivity index (χ1v) is 8.68. The minimum atomic E-state index is -0.610. The van der Waals surface area contributed by atoms with Crippen LogP contribution in [0.15, 0.2) is 22.7 Å². The summed E-state index contributed by atoms with van der Waals surface area (Å²) in [6.45, 7) is 5.92. The molecular formula is C17H22BrFN2O3. The molecule has 1 aromatic rings. The monoisotopic (exact) mass is 400 g/mol. The van der Waals surface area contributed by atoms with Crippen molar-refractivity contribution < 1.29 is 18.7 Å². The Labute approximate surface area is 149 Å². The lowest BCUT2D eigenvalue weighted by molar-refractivity contribution is -0.125. The van der Waals surface area contributed by atoms with Crippen molar-refractivity contribution in [2.75, 3.05) is 6.54 Å². The number of rotatable bonds is 3. The smallest absolute Gasteiger partial charge is 0.410 e. The molecule has 1 aromatic carbocycles. The molecule has 7 heteroatoms. The van der Waals surface area contributed by atoms with Gasteiger partial charge in [0.05, 0.1) is 0 Å². The Balaban J connectivity index is 1.96. The van der Waals surface area contributed by atoms with Crippen LogP contribution in [0.4, 0.5) is 9.18 Å². The molecule has 1 unspecified atom stereocenters. The van der Waals surface area contributed by atoms with Gasteiger partial charge in [0.1, 0.15) is 17.5 Å². The van der Waals surface area contributed by atoms with E-state index in [2.05, 4.69) is 21.2 Å². The fourth-order valence-electron chi connectivity index (χ4n) is 2.54. The van der Waals surface area contributed by atoms with E-state index >= 15 is 0 Å². The number of nitrogens with one attached hydrogen (secondary N) is 1. The first-order valence-electron chi connectivity index (χ1n) is 7.88. The third-order valence-corrected chi connectivity index (χ3v) is 4.14. The summed E-state index contributed by atoms with van der Waals surface area (Å²) >= 11 is 3.19. The standard InChI is InChI=1S/C17H22BrFN2O3/c1-17(2,3)24-16(23)21-8-4-5-14(21)15(22)20-10-11-6-7-12(18)9-13(11)19/h6-7,9,14H,4-5,8,10H2,1-3H3,(H,20,22). The van der Waals surface area contributed by atoms with Gasteiger partial charge in [-0.05, 0) is 45.7 Å². The zero-order valence-electron chi connectivity index (χ0n) is 14.1. The summed E-state index contributed by atoms with van der Waals surface area (Å²) in [5.41, 5.74) is -0.213. The van der Waals surface area contributed by atoms with Crippen molar-refractivity contribution in [3.63, 3.8) is 0 Å². The van der Waals surface area contributed by atoms with Gasteiger partial charge >= 0.3 is 6.09 Å². The third kappa shape index (κ3) is 4.93. The van der Waals surface area contributed by atoms with Gasteiger partial charge in [0.15, 0.2) is 0 Å². The van der Waals surface area contributed by atoms with Gasteiger partial charge in [0.25, 0.3) is 0 Å². The van der Waals surface area contributed by atoms with Crippen molar-refractivity contribution in [1.82, 2.24) is 10.2 Å². The van der Waals surface area contributed by atoms with E-state index in [1.165, 1.54) is 11.0 Å². The lowest BCUT2D eigenvalue weighted by atomic mass is 10.1. The van der Waals surface area contributed by atoms with Gasteiger partial charge in [-0.2, -0.15) is 0 Å². The minimum Gasteiger partial charge on any atom is -0.444 e. The van der Waals surface area contributed by atoms with Crippen LogP contribution in [0.1, 0.15) is 39.2 Å². The predicted octanol–water partition coefficient (Wildman–Crippen LogP) is 3.60. The van der Waals surface area contributed by atoms with Crippen LogP contribution < -0.4 is 5.32 Å². The molecule has 1 aliphatic rings. The van der Waals surface area contributed by atoms with Gasteiger partial charge < -0.3 is 10.1 Å². The summed E-state index contributed by atoms with van der Waals surface area (Å²) in [6, 6.07) is 4.11. The molecule has 1 N–H and O–H groups in total. The van der Waals surface area contributed by atoms with Crippen LogP contribution in [-0.2, 0) is 16.1 Å². The van der Waals surface area contributed by atoms with Crippen LogP contribution in [0.5, 0.6) is 0 Å². The van der Waals surface area contributed by atoms with E-state index in [4.69, 9.17) is 4.74 Å². The fourth-order valence-corrected chi connectivity index (χ4v) is 2.88. The van der Waals surface area contributed by atoms with Gasteiger partial charge in [-0.25, -0.2) is 9.18 Å². The zero-order valence-corrected chi connectivity index (χ0v) is 15.7. The number of carbonyl (C=O) groups is 2. The SMILES string of the molecule is CC(C)(C)OC(=O)N1CCCC1C(=O)NCc1ccc(Br)cc1F. The number of amides is 2. The maximum absolute atomic E-state index is 13.8. The van der Waals surface area contributed by atoms with Gasteiger partial charge in [0, 0.05) is 23.1 Å². The lowest BCUT2D eigenvalue weighted by Gasteiger charge is -2.28. The number of halogens is 2. The second-order valence-corrected chi connectivity index (χ2v) is 7.70. The Hall–Kier alpha value is -1.63. The van der Waals surface area contributed by atoms with Gasteiger partial charge in [-0.15, -0.1) is 0 Å². The number of nitrogens with zero attached hydrogens (tertiary/aromatic N) is 1. The molecule has 1 aliphatic heterocycles. The second-order valence-electron chi connectivity index (χ2n) is 6.79. The maximum atomic E-state index is 13.8. The molecule has 1 heterocycles. The van der Waals surface area contributed by atoms with Crippen LogP contribution in [0, 0.1) is 5.82 Å². The number of benzene rings is 1. The highest BCUT2D eigenvalue weighted by atomic mass is 79.9. The second kappa shape index (κ2) is 7.51. The fraction of sp³-hybridized carbons (Fsp3) is 0.529. The summed E-state index contributed by atoms with van der Waals surface area (Å²) in [7, 11) is 0. The average molecular weight is 401 g/mol. The Bertz CT molecular complexity index is 631. The Kier molecular flexibility index (Phi) is 5.85. The van der Waals surface area contributed by atoms with E-state index in [1.807, 2.05) is 0 Å². The van der Waals surface area contributed by atoms with Gasteiger partial charge in [-0.3, -0.25) is 9.69 Å². The molecule has 2 rings (SSSR count). The quantitative estimate of drug-likeness (QED) is 0.842. The van der Waals surface area contributed by atoms with Crippen LogP contribution in [0.3, 0.4) is 0 Å². The molecule has 1 atom stereocenters. The number of likely N-dealkylation sites (tertiary alicyclic amines) is 1. The molecule has 2 amide bonds. The largest absolute Gasteiger partial charge is 0.444 e. The number of hydrogen-bond acceptors (Lipinski definition) is 3. The summed E-state index contributed by atoms with van der Waals surface area (Å²) in [6.07, 6.45) is 0.827. The normalized spacial score (nSPS) is 17.7. The first kappa shape index (κ1) is 18.7. The van der Waals surface area contributed by atoms with E-state index in [9.17, 15) is 14.0 Å². The van der Waals surface area contributed by atoms with Crippen LogP contribution in [-0.4, -0.2) is 35.1 Å². The molecular weight excluding hydrogens is 379 g/mol. The molecule has 0 radical (unpaired) electrons. The minimum absolute atomic E-state index is 0.0800. The lowest BCUT2D eigenvalue weighted by Crippen LogP contribution is -2.47.